The third kappa shape index (κ3) is 5.04. The van der Waals surface area contributed by atoms with E-state index in [4.69, 9.17) is 14.2 Å². The Morgan fingerprint density at radius 1 is 1.11 bits per heavy atom. The lowest BCUT2D eigenvalue weighted by molar-refractivity contribution is 0.0162. The van der Waals surface area contributed by atoms with Crippen LogP contribution in [0.2, 0.25) is 0 Å². The first-order chi connectivity index (χ1) is 13.6. The second kappa shape index (κ2) is 9.91. The molecule has 0 bridgehead atoms. The van der Waals surface area contributed by atoms with Crippen LogP contribution < -0.4 is 14.8 Å². The third-order valence-corrected chi connectivity index (χ3v) is 5.37. The van der Waals surface area contributed by atoms with Crippen LogP contribution in [0.15, 0.2) is 46.9 Å². The SMILES string of the molecule is COc1ccc(C(CNC(=O)c2ccc(Br)cc2)N2CCOCC2)cc1OC. The maximum atomic E-state index is 12.6. The van der Waals surface area contributed by atoms with E-state index in [0.29, 0.717) is 36.8 Å². The Hall–Kier alpha value is -2.09. The van der Waals surface area contributed by atoms with E-state index >= 15 is 0 Å². The highest BCUT2D eigenvalue weighted by molar-refractivity contribution is 9.10. The van der Waals surface area contributed by atoms with Gasteiger partial charge >= 0.3 is 0 Å². The van der Waals surface area contributed by atoms with E-state index in [9.17, 15) is 4.79 Å². The zero-order valence-electron chi connectivity index (χ0n) is 16.1. The Morgan fingerprint density at radius 3 is 2.43 bits per heavy atom. The molecule has 1 N–H and O–H groups in total. The van der Waals surface area contributed by atoms with Crippen LogP contribution in [0.25, 0.3) is 0 Å². The Bertz CT molecular complexity index is 791. The Kier molecular flexibility index (Phi) is 7.30. The van der Waals surface area contributed by atoms with Gasteiger partial charge in [0.2, 0.25) is 0 Å². The molecule has 0 radical (unpaired) electrons. The number of ether oxygens (including phenoxy) is 3. The van der Waals surface area contributed by atoms with E-state index < -0.39 is 0 Å². The van der Waals surface area contributed by atoms with Crippen LogP contribution in [0.4, 0.5) is 0 Å². The normalized spacial score (nSPS) is 15.7. The van der Waals surface area contributed by atoms with Gasteiger partial charge in [0.05, 0.1) is 33.5 Å². The highest BCUT2D eigenvalue weighted by Gasteiger charge is 2.24. The molecule has 2 aromatic rings. The van der Waals surface area contributed by atoms with Crippen LogP contribution in [0, 0.1) is 0 Å². The molecular formula is C21H25BrN2O4. The van der Waals surface area contributed by atoms with Crippen LogP contribution in [0.3, 0.4) is 0 Å². The molecule has 28 heavy (non-hydrogen) atoms. The highest BCUT2D eigenvalue weighted by Crippen LogP contribution is 2.32. The van der Waals surface area contributed by atoms with Gasteiger partial charge in [-0.15, -0.1) is 0 Å². The maximum absolute atomic E-state index is 12.6. The Labute approximate surface area is 173 Å². The third-order valence-electron chi connectivity index (χ3n) is 4.84. The molecule has 150 valence electrons. The van der Waals surface area contributed by atoms with Crippen molar-refractivity contribution in [1.82, 2.24) is 10.2 Å². The maximum Gasteiger partial charge on any atom is 0.251 e. The zero-order chi connectivity index (χ0) is 19.9. The van der Waals surface area contributed by atoms with Gasteiger partial charge in [-0.2, -0.15) is 0 Å². The van der Waals surface area contributed by atoms with Gasteiger partial charge in [-0.05, 0) is 42.0 Å². The highest BCUT2D eigenvalue weighted by atomic mass is 79.9. The van der Waals surface area contributed by atoms with Crippen molar-refractivity contribution < 1.29 is 19.0 Å². The molecule has 1 saturated heterocycles. The Morgan fingerprint density at radius 2 is 1.79 bits per heavy atom. The molecule has 1 aliphatic heterocycles. The molecule has 0 saturated carbocycles. The number of benzene rings is 2. The molecule has 3 rings (SSSR count). The van der Waals surface area contributed by atoms with Crippen LogP contribution in [0.5, 0.6) is 11.5 Å². The fourth-order valence-electron chi connectivity index (χ4n) is 3.30. The predicted octanol–water partition coefficient (Wildman–Crippen LogP) is 3.27. The van der Waals surface area contributed by atoms with Crippen LogP contribution in [-0.4, -0.2) is 57.9 Å². The molecule has 0 aromatic heterocycles. The smallest absolute Gasteiger partial charge is 0.251 e. The molecule has 1 fully saturated rings. The molecule has 6 nitrogen and oxygen atoms in total. The quantitative estimate of drug-likeness (QED) is 0.704. The standard InChI is InChI=1S/C21H25BrN2O4/c1-26-19-8-5-16(13-20(19)27-2)18(24-9-11-28-12-10-24)14-23-21(25)15-3-6-17(22)7-4-15/h3-8,13,18H,9-12,14H2,1-2H3,(H,23,25). The van der Waals surface area contributed by atoms with Crippen LogP contribution in [0.1, 0.15) is 22.0 Å². The van der Waals surface area contributed by atoms with Gasteiger partial charge in [-0.3, -0.25) is 9.69 Å². The number of hydrogen-bond donors (Lipinski definition) is 1. The summed E-state index contributed by atoms with van der Waals surface area (Å²) in [6.07, 6.45) is 0. The number of rotatable bonds is 7. The second-order valence-corrected chi connectivity index (χ2v) is 7.41. The minimum atomic E-state index is -0.0914. The fourth-order valence-corrected chi connectivity index (χ4v) is 3.56. The van der Waals surface area contributed by atoms with Gasteiger partial charge in [-0.25, -0.2) is 0 Å². The molecule has 0 spiro atoms. The number of hydrogen-bond acceptors (Lipinski definition) is 5. The molecule has 1 heterocycles. The van der Waals surface area contributed by atoms with E-state index in [1.165, 1.54) is 0 Å². The van der Waals surface area contributed by atoms with Gasteiger partial charge in [0.1, 0.15) is 0 Å². The van der Waals surface area contributed by atoms with E-state index in [-0.39, 0.29) is 11.9 Å². The number of amides is 1. The summed E-state index contributed by atoms with van der Waals surface area (Å²) in [6, 6.07) is 13.3. The first-order valence-electron chi connectivity index (χ1n) is 9.20. The first-order valence-corrected chi connectivity index (χ1v) is 9.99. The zero-order valence-corrected chi connectivity index (χ0v) is 17.7. The molecule has 0 aliphatic carbocycles. The number of methoxy groups -OCH3 is 2. The van der Waals surface area contributed by atoms with E-state index in [1.54, 1.807) is 26.4 Å². The summed E-state index contributed by atoms with van der Waals surface area (Å²) in [5.41, 5.74) is 1.70. The van der Waals surface area contributed by atoms with Crippen molar-refractivity contribution in [3.63, 3.8) is 0 Å². The van der Waals surface area contributed by atoms with Gasteiger partial charge in [0, 0.05) is 29.7 Å². The Balaban J connectivity index is 1.79. The van der Waals surface area contributed by atoms with Crippen LogP contribution in [-0.2, 0) is 4.74 Å². The first kappa shape index (κ1) is 20.6. The lowest BCUT2D eigenvalue weighted by atomic mass is 10.0. The summed E-state index contributed by atoms with van der Waals surface area (Å²) < 4.78 is 17.3. The molecule has 1 unspecified atom stereocenters. The van der Waals surface area contributed by atoms with Gasteiger partial charge in [0.25, 0.3) is 5.91 Å². The van der Waals surface area contributed by atoms with E-state index in [0.717, 1.165) is 23.1 Å². The molecule has 2 aromatic carbocycles. The lowest BCUT2D eigenvalue weighted by Gasteiger charge is -2.35. The minimum Gasteiger partial charge on any atom is -0.493 e. The minimum absolute atomic E-state index is 0.0168. The van der Waals surface area contributed by atoms with Crippen LogP contribution >= 0.6 is 15.9 Å². The summed E-state index contributed by atoms with van der Waals surface area (Å²) in [4.78, 5) is 14.9. The molecular weight excluding hydrogens is 424 g/mol. The van der Waals surface area contributed by atoms with Crippen molar-refractivity contribution in [2.75, 3.05) is 47.1 Å². The van der Waals surface area contributed by atoms with Crippen molar-refractivity contribution in [3.05, 3.63) is 58.1 Å². The van der Waals surface area contributed by atoms with Crippen molar-refractivity contribution in [3.8, 4) is 11.5 Å². The average Bonchev–Trinajstić information content (AvgIpc) is 2.74. The van der Waals surface area contributed by atoms with Gasteiger partial charge in [0.15, 0.2) is 11.5 Å². The number of halogens is 1. The molecule has 7 heteroatoms. The van der Waals surface area contributed by atoms with E-state index in [2.05, 4.69) is 26.1 Å². The van der Waals surface area contributed by atoms with E-state index in [1.807, 2.05) is 30.3 Å². The lowest BCUT2D eigenvalue weighted by Crippen LogP contribution is -2.43. The summed E-state index contributed by atoms with van der Waals surface area (Å²) in [5.74, 6) is 1.27. The summed E-state index contributed by atoms with van der Waals surface area (Å²) in [6.45, 7) is 3.49. The summed E-state index contributed by atoms with van der Waals surface area (Å²) in [5, 5.41) is 3.07. The van der Waals surface area contributed by atoms with Gasteiger partial charge < -0.3 is 19.5 Å². The monoisotopic (exact) mass is 448 g/mol. The van der Waals surface area contributed by atoms with Crippen molar-refractivity contribution >= 4 is 21.8 Å². The summed E-state index contributed by atoms with van der Waals surface area (Å²) in [7, 11) is 3.25. The topological polar surface area (TPSA) is 60.0 Å². The molecule has 1 amide bonds. The van der Waals surface area contributed by atoms with Crippen molar-refractivity contribution in [2.45, 2.75) is 6.04 Å². The largest absolute Gasteiger partial charge is 0.493 e. The number of morpholine rings is 1. The molecule has 1 atom stereocenters. The fraction of sp³-hybridized carbons (Fsp3) is 0.381. The molecule has 1 aliphatic rings. The number of carbonyl (C=O) groups is 1. The predicted molar refractivity (Wildman–Crippen MR) is 111 cm³/mol. The number of carbonyl (C=O) groups excluding carboxylic acids is 1. The number of nitrogens with one attached hydrogen (secondary N) is 1. The average molecular weight is 449 g/mol. The summed E-state index contributed by atoms with van der Waals surface area (Å²) >= 11 is 3.39. The van der Waals surface area contributed by atoms with Crippen molar-refractivity contribution in [2.24, 2.45) is 0 Å². The van der Waals surface area contributed by atoms with Gasteiger partial charge in [-0.1, -0.05) is 22.0 Å². The van der Waals surface area contributed by atoms with Crippen molar-refractivity contribution in [1.29, 1.82) is 0 Å². The number of nitrogens with zero attached hydrogens (tertiary/aromatic N) is 1. The second-order valence-electron chi connectivity index (χ2n) is 6.50.